The van der Waals surface area contributed by atoms with E-state index in [0.29, 0.717) is 4.47 Å². The number of esters is 1. The number of Topliss-reactive ketones (excluding diaryl/α,β-unsaturated/α-hetero) is 1. The van der Waals surface area contributed by atoms with Gasteiger partial charge in [-0.15, -0.1) is 0 Å². The van der Waals surface area contributed by atoms with Gasteiger partial charge in [-0.25, -0.2) is 9.18 Å². The van der Waals surface area contributed by atoms with Crippen LogP contribution in [0.3, 0.4) is 0 Å². The predicted octanol–water partition coefficient (Wildman–Crippen LogP) is 3.02. The van der Waals surface area contributed by atoms with Crippen molar-refractivity contribution >= 4 is 27.7 Å². The topological polar surface area (TPSA) is 56.3 Å². The van der Waals surface area contributed by atoms with Gasteiger partial charge in [0.05, 0.1) is 5.56 Å². The number of halogens is 2. The Morgan fingerprint density at radius 2 is 2.00 bits per heavy atom. The van der Waals surface area contributed by atoms with Crippen molar-refractivity contribution in [2.75, 3.05) is 6.61 Å². The Morgan fingerprint density at radius 1 is 1.20 bits per heavy atom. The van der Waals surface area contributed by atoms with Crippen LogP contribution in [0.5, 0.6) is 0 Å². The maximum Gasteiger partial charge on any atom is 0.340 e. The SMILES string of the molecule is O=C(COC(=O)c1cncc(Br)c1)c1cccc(F)c1. The molecule has 0 radical (unpaired) electrons. The fourth-order valence-electron chi connectivity index (χ4n) is 1.48. The van der Waals surface area contributed by atoms with Crippen molar-refractivity contribution < 1.29 is 18.7 Å². The molecule has 0 fully saturated rings. The van der Waals surface area contributed by atoms with Crippen molar-refractivity contribution in [2.45, 2.75) is 0 Å². The monoisotopic (exact) mass is 337 g/mol. The lowest BCUT2D eigenvalue weighted by atomic mass is 10.1. The highest BCUT2D eigenvalue weighted by Crippen LogP contribution is 2.11. The number of carbonyl (C=O) groups is 2. The van der Waals surface area contributed by atoms with Gasteiger partial charge >= 0.3 is 5.97 Å². The number of ketones is 1. The zero-order valence-electron chi connectivity index (χ0n) is 10.2. The average molecular weight is 338 g/mol. The maximum atomic E-state index is 13.0. The Labute approximate surface area is 122 Å². The molecule has 4 nitrogen and oxygen atoms in total. The van der Waals surface area contributed by atoms with Crippen LogP contribution in [0.15, 0.2) is 47.2 Å². The first-order chi connectivity index (χ1) is 9.56. The molecule has 0 bridgehead atoms. The third-order valence-electron chi connectivity index (χ3n) is 2.42. The molecule has 0 saturated carbocycles. The van der Waals surface area contributed by atoms with Crippen LogP contribution in [0.4, 0.5) is 4.39 Å². The number of pyridine rings is 1. The van der Waals surface area contributed by atoms with Gasteiger partial charge in [-0.2, -0.15) is 0 Å². The summed E-state index contributed by atoms with van der Waals surface area (Å²) in [6, 6.07) is 6.73. The third-order valence-corrected chi connectivity index (χ3v) is 2.86. The number of carbonyl (C=O) groups excluding carboxylic acids is 2. The Morgan fingerprint density at radius 3 is 2.70 bits per heavy atom. The molecule has 0 saturated heterocycles. The fourth-order valence-corrected chi connectivity index (χ4v) is 1.85. The second kappa shape index (κ2) is 6.38. The summed E-state index contributed by atoms with van der Waals surface area (Å²) in [5, 5.41) is 0. The van der Waals surface area contributed by atoms with Crippen molar-refractivity contribution in [3.05, 3.63) is 64.1 Å². The van der Waals surface area contributed by atoms with E-state index in [1.165, 1.54) is 36.7 Å². The standard InChI is InChI=1S/C14H9BrFNO3/c15-11-4-10(6-17-7-11)14(19)20-8-13(18)9-2-1-3-12(16)5-9/h1-7H,8H2. The van der Waals surface area contributed by atoms with Crippen LogP contribution in [0, 0.1) is 5.82 Å². The largest absolute Gasteiger partial charge is 0.454 e. The molecule has 20 heavy (non-hydrogen) atoms. The second-order valence-electron chi connectivity index (χ2n) is 3.90. The minimum absolute atomic E-state index is 0.158. The van der Waals surface area contributed by atoms with Crippen molar-refractivity contribution in [3.63, 3.8) is 0 Å². The van der Waals surface area contributed by atoms with E-state index < -0.39 is 24.2 Å². The number of aromatic nitrogens is 1. The Kier molecular flexibility index (Phi) is 4.57. The molecule has 0 spiro atoms. The van der Waals surface area contributed by atoms with Crippen LogP contribution in [0.1, 0.15) is 20.7 Å². The second-order valence-corrected chi connectivity index (χ2v) is 4.82. The number of hydrogen-bond acceptors (Lipinski definition) is 4. The molecule has 0 aliphatic heterocycles. The molecular formula is C14H9BrFNO3. The normalized spacial score (nSPS) is 10.1. The summed E-state index contributed by atoms with van der Waals surface area (Å²) >= 11 is 3.18. The molecule has 0 atom stereocenters. The van der Waals surface area contributed by atoms with Crippen molar-refractivity contribution in [1.29, 1.82) is 0 Å². The zero-order valence-corrected chi connectivity index (χ0v) is 11.8. The van der Waals surface area contributed by atoms with E-state index >= 15 is 0 Å². The van der Waals surface area contributed by atoms with Gasteiger partial charge in [0.1, 0.15) is 5.82 Å². The molecule has 2 aromatic rings. The van der Waals surface area contributed by atoms with E-state index in [1.54, 1.807) is 0 Å². The van der Waals surface area contributed by atoms with Gasteiger partial charge in [0.25, 0.3) is 0 Å². The lowest BCUT2D eigenvalue weighted by Crippen LogP contribution is -2.14. The first kappa shape index (κ1) is 14.3. The summed E-state index contributed by atoms with van der Waals surface area (Å²) in [5.74, 6) is -1.65. The fraction of sp³-hybridized carbons (Fsp3) is 0.0714. The van der Waals surface area contributed by atoms with E-state index in [4.69, 9.17) is 4.74 Å². The molecular weight excluding hydrogens is 329 g/mol. The first-order valence-electron chi connectivity index (χ1n) is 5.63. The lowest BCUT2D eigenvalue weighted by Gasteiger charge is -2.04. The molecule has 6 heteroatoms. The molecule has 102 valence electrons. The summed E-state index contributed by atoms with van der Waals surface area (Å²) in [5.41, 5.74) is 0.386. The predicted molar refractivity (Wildman–Crippen MR) is 73.0 cm³/mol. The summed E-state index contributed by atoms with van der Waals surface area (Å²) in [7, 11) is 0. The average Bonchev–Trinajstić information content (AvgIpc) is 2.44. The van der Waals surface area contributed by atoms with E-state index in [2.05, 4.69) is 20.9 Å². The molecule has 1 aromatic heterocycles. The quantitative estimate of drug-likeness (QED) is 0.635. The molecule has 0 amide bonds. The number of nitrogens with zero attached hydrogens (tertiary/aromatic N) is 1. The third kappa shape index (κ3) is 3.71. The highest BCUT2D eigenvalue weighted by Gasteiger charge is 2.12. The van der Waals surface area contributed by atoms with Gasteiger partial charge < -0.3 is 4.74 Å². The van der Waals surface area contributed by atoms with E-state index in [1.807, 2.05) is 0 Å². The van der Waals surface area contributed by atoms with Crippen LogP contribution in [-0.2, 0) is 4.74 Å². The minimum atomic E-state index is -0.663. The zero-order chi connectivity index (χ0) is 14.5. The number of ether oxygens (including phenoxy) is 1. The smallest absolute Gasteiger partial charge is 0.340 e. The van der Waals surface area contributed by atoms with Crippen LogP contribution in [-0.4, -0.2) is 23.3 Å². The Balaban J connectivity index is 1.98. The molecule has 0 aliphatic carbocycles. The van der Waals surface area contributed by atoms with Crippen molar-refractivity contribution in [1.82, 2.24) is 4.98 Å². The summed E-state index contributed by atoms with van der Waals surface area (Å²) in [6.07, 6.45) is 2.86. The summed E-state index contributed by atoms with van der Waals surface area (Å²) in [4.78, 5) is 27.2. The highest BCUT2D eigenvalue weighted by atomic mass is 79.9. The molecule has 1 aromatic carbocycles. The molecule has 0 aliphatic rings. The molecule has 0 unspecified atom stereocenters. The van der Waals surface area contributed by atoms with Crippen molar-refractivity contribution in [3.8, 4) is 0 Å². The van der Waals surface area contributed by atoms with E-state index in [-0.39, 0.29) is 11.1 Å². The van der Waals surface area contributed by atoms with Crippen LogP contribution in [0.2, 0.25) is 0 Å². The molecule has 1 heterocycles. The minimum Gasteiger partial charge on any atom is -0.454 e. The summed E-state index contributed by atoms with van der Waals surface area (Å²) in [6.45, 7) is -0.450. The first-order valence-corrected chi connectivity index (χ1v) is 6.42. The van der Waals surface area contributed by atoms with Crippen molar-refractivity contribution in [2.24, 2.45) is 0 Å². The maximum absolute atomic E-state index is 13.0. The van der Waals surface area contributed by atoms with Gasteiger partial charge in [0.2, 0.25) is 0 Å². The van der Waals surface area contributed by atoms with Gasteiger partial charge in [-0.3, -0.25) is 9.78 Å². The van der Waals surface area contributed by atoms with Gasteiger partial charge in [0, 0.05) is 22.4 Å². The number of hydrogen-bond donors (Lipinski definition) is 0. The van der Waals surface area contributed by atoms with E-state index in [9.17, 15) is 14.0 Å². The van der Waals surface area contributed by atoms with Crippen LogP contribution < -0.4 is 0 Å². The highest BCUT2D eigenvalue weighted by molar-refractivity contribution is 9.10. The molecule has 2 rings (SSSR count). The van der Waals surface area contributed by atoms with Gasteiger partial charge in [-0.05, 0) is 34.1 Å². The number of benzene rings is 1. The lowest BCUT2D eigenvalue weighted by molar-refractivity contribution is 0.0474. The molecule has 0 N–H and O–H groups in total. The van der Waals surface area contributed by atoms with Crippen LogP contribution >= 0.6 is 15.9 Å². The van der Waals surface area contributed by atoms with Crippen LogP contribution in [0.25, 0.3) is 0 Å². The summed E-state index contributed by atoms with van der Waals surface area (Å²) < 4.78 is 18.5. The Hall–Kier alpha value is -2.08. The Bertz CT molecular complexity index is 603. The van der Waals surface area contributed by atoms with Gasteiger partial charge in [-0.1, -0.05) is 12.1 Å². The van der Waals surface area contributed by atoms with Gasteiger partial charge in [0.15, 0.2) is 12.4 Å². The number of rotatable bonds is 4. The van der Waals surface area contributed by atoms with E-state index in [0.717, 1.165) is 6.07 Å².